The first-order valence-electron chi connectivity index (χ1n) is 8.28. The van der Waals surface area contributed by atoms with Crippen LogP contribution in [0, 0.1) is 17.8 Å². The molecule has 0 heterocycles. The lowest BCUT2D eigenvalue weighted by molar-refractivity contribution is -0.140. The molecular formula is C18H24N2O4. The van der Waals surface area contributed by atoms with Gasteiger partial charge >= 0.3 is 5.97 Å². The first-order valence-corrected chi connectivity index (χ1v) is 8.28. The van der Waals surface area contributed by atoms with Gasteiger partial charge in [0.15, 0.2) is 0 Å². The van der Waals surface area contributed by atoms with E-state index in [1.165, 1.54) is 0 Å². The van der Waals surface area contributed by atoms with Crippen LogP contribution >= 0.6 is 0 Å². The van der Waals surface area contributed by atoms with Gasteiger partial charge in [0.1, 0.15) is 6.04 Å². The molecule has 2 unspecified atom stereocenters. The van der Waals surface area contributed by atoms with Gasteiger partial charge in [0.05, 0.1) is 0 Å². The van der Waals surface area contributed by atoms with Crippen molar-refractivity contribution >= 4 is 23.5 Å². The number of carbonyl (C=O) groups excluding carboxylic acids is 2. The highest BCUT2D eigenvalue weighted by atomic mass is 16.4. The van der Waals surface area contributed by atoms with Crippen LogP contribution in [-0.2, 0) is 9.59 Å². The van der Waals surface area contributed by atoms with Gasteiger partial charge in [0.2, 0.25) is 5.91 Å². The minimum atomic E-state index is -1.05. The topological polar surface area (TPSA) is 95.5 Å². The van der Waals surface area contributed by atoms with Crippen molar-refractivity contribution in [2.75, 3.05) is 5.32 Å². The second-order valence-corrected chi connectivity index (χ2v) is 6.56. The average Bonchev–Trinajstić information content (AvgIpc) is 3.28. The van der Waals surface area contributed by atoms with Crippen molar-refractivity contribution in [2.45, 2.75) is 39.7 Å². The summed E-state index contributed by atoms with van der Waals surface area (Å²) in [5.41, 5.74) is 0.869. The summed E-state index contributed by atoms with van der Waals surface area (Å²) in [6, 6.07) is 5.61. The molecule has 0 aromatic heterocycles. The Morgan fingerprint density at radius 3 is 2.54 bits per heavy atom. The highest BCUT2D eigenvalue weighted by Gasteiger charge is 2.39. The monoisotopic (exact) mass is 332 g/mol. The molecule has 0 saturated heterocycles. The Hall–Kier alpha value is -2.37. The molecule has 1 saturated carbocycles. The Bertz CT molecular complexity index is 644. The molecule has 6 heteroatoms. The molecule has 1 aromatic rings. The molecule has 0 bridgehead atoms. The molecule has 2 rings (SSSR count). The van der Waals surface area contributed by atoms with E-state index in [1.807, 2.05) is 13.8 Å². The number of hydrogen-bond acceptors (Lipinski definition) is 3. The van der Waals surface area contributed by atoms with Gasteiger partial charge in [0, 0.05) is 17.2 Å². The molecule has 1 aliphatic carbocycles. The van der Waals surface area contributed by atoms with Crippen molar-refractivity contribution in [3.8, 4) is 0 Å². The summed E-state index contributed by atoms with van der Waals surface area (Å²) in [5, 5.41) is 14.6. The number of aliphatic carboxylic acids is 1. The van der Waals surface area contributed by atoms with Crippen LogP contribution in [0.25, 0.3) is 0 Å². The van der Waals surface area contributed by atoms with Crippen LogP contribution in [-0.4, -0.2) is 28.9 Å². The Balaban J connectivity index is 2.05. The molecule has 24 heavy (non-hydrogen) atoms. The summed E-state index contributed by atoms with van der Waals surface area (Å²) in [6.45, 7) is 5.68. The predicted octanol–water partition coefficient (Wildman–Crippen LogP) is 2.51. The second kappa shape index (κ2) is 7.47. The fourth-order valence-electron chi connectivity index (χ4n) is 2.57. The summed E-state index contributed by atoms with van der Waals surface area (Å²) in [7, 11) is 0. The van der Waals surface area contributed by atoms with Crippen LogP contribution in [0.3, 0.4) is 0 Å². The third-order valence-electron chi connectivity index (χ3n) is 4.60. The molecule has 0 spiro atoms. The van der Waals surface area contributed by atoms with E-state index < -0.39 is 17.9 Å². The predicted molar refractivity (Wildman–Crippen MR) is 90.7 cm³/mol. The minimum Gasteiger partial charge on any atom is -0.480 e. The number of amides is 2. The van der Waals surface area contributed by atoms with Crippen LogP contribution in [0.4, 0.5) is 5.69 Å². The zero-order valence-electron chi connectivity index (χ0n) is 14.2. The summed E-state index contributed by atoms with van der Waals surface area (Å²) in [6.07, 6.45) is 1.54. The van der Waals surface area contributed by atoms with Crippen LogP contribution in [0.5, 0.6) is 0 Å². The molecule has 6 nitrogen and oxygen atoms in total. The van der Waals surface area contributed by atoms with Crippen molar-refractivity contribution in [3.63, 3.8) is 0 Å². The Labute approximate surface area is 141 Å². The van der Waals surface area contributed by atoms with Crippen molar-refractivity contribution in [3.05, 3.63) is 29.8 Å². The summed E-state index contributed by atoms with van der Waals surface area (Å²) in [4.78, 5) is 35.6. The fourth-order valence-corrected chi connectivity index (χ4v) is 2.57. The van der Waals surface area contributed by atoms with Gasteiger partial charge in [-0.15, -0.1) is 0 Å². The Kier molecular flexibility index (Phi) is 5.59. The lowest BCUT2D eigenvalue weighted by atomic mass is 9.99. The lowest BCUT2D eigenvalue weighted by Gasteiger charge is -2.20. The summed E-state index contributed by atoms with van der Waals surface area (Å²) >= 11 is 0. The van der Waals surface area contributed by atoms with Crippen LogP contribution in [0.15, 0.2) is 24.3 Å². The van der Waals surface area contributed by atoms with Gasteiger partial charge in [-0.1, -0.05) is 33.3 Å². The van der Waals surface area contributed by atoms with E-state index in [0.29, 0.717) is 23.6 Å². The van der Waals surface area contributed by atoms with E-state index in [0.717, 1.165) is 6.42 Å². The fraction of sp³-hybridized carbons (Fsp3) is 0.500. The molecule has 3 N–H and O–H groups in total. The molecule has 0 radical (unpaired) electrons. The highest BCUT2D eigenvalue weighted by Crippen LogP contribution is 2.38. The summed E-state index contributed by atoms with van der Waals surface area (Å²) < 4.78 is 0. The highest BCUT2D eigenvalue weighted by molar-refractivity contribution is 5.99. The first-order chi connectivity index (χ1) is 11.3. The van der Waals surface area contributed by atoms with E-state index in [2.05, 4.69) is 10.6 Å². The zero-order valence-corrected chi connectivity index (χ0v) is 14.2. The van der Waals surface area contributed by atoms with E-state index in [9.17, 15) is 19.5 Å². The number of anilines is 1. The van der Waals surface area contributed by atoms with Gasteiger partial charge in [-0.25, -0.2) is 4.79 Å². The van der Waals surface area contributed by atoms with E-state index in [4.69, 9.17) is 0 Å². The minimum absolute atomic E-state index is 0.0388. The largest absolute Gasteiger partial charge is 0.480 e. The first kappa shape index (κ1) is 18.0. The molecule has 0 aliphatic heterocycles. The van der Waals surface area contributed by atoms with Gasteiger partial charge in [0.25, 0.3) is 5.91 Å². The molecule has 4 atom stereocenters. The van der Waals surface area contributed by atoms with Crippen LogP contribution in [0.2, 0.25) is 0 Å². The van der Waals surface area contributed by atoms with E-state index in [-0.39, 0.29) is 17.7 Å². The lowest BCUT2D eigenvalue weighted by Crippen LogP contribution is -2.45. The number of hydrogen-bond donors (Lipinski definition) is 3. The van der Waals surface area contributed by atoms with Crippen molar-refractivity contribution in [1.29, 1.82) is 0 Å². The van der Waals surface area contributed by atoms with Crippen LogP contribution < -0.4 is 10.6 Å². The van der Waals surface area contributed by atoms with Crippen LogP contribution in [0.1, 0.15) is 44.0 Å². The zero-order chi connectivity index (χ0) is 17.9. The molecule has 1 fully saturated rings. The molecular weight excluding hydrogens is 308 g/mol. The van der Waals surface area contributed by atoms with Gasteiger partial charge in [-0.2, -0.15) is 0 Å². The smallest absolute Gasteiger partial charge is 0.326 e. The van der Waals surface area contributed by atoms with Gasteiger partial charge in [-0.05, 0) is 36.5 Å². The molecule has 1 aliphatic rings. The molecule has 1 aromatic carbocycles. The normalized spacial score (nSPS) is 21.5. The Morgan fingerprint density at radius 2 is 2.00 bits per heavy atom. The number of benzene rings is 1. The van der Waals surface area contributed by atoms with E-state index >= 15 is 0 Å². The SMILES string of the molecule is CC[C@H](C)[C@H](NC(=O)c1cccc(NC(=O)C2CC2C)c1)C(=O)O. The van der Waals surface area contributed by atoms with Gasteiger partial charge < -0.3 is 15.7 Å². The maximum atomic E-state index is 12.3. The van der Waals surface area contributed by atoms with E-state index in [1.54, 1.807) is 31.2 Å². The maximum absolute atomic E-state index is 12.3. The van der Waals surface area contributed by atoms with Crippen molar-refractivity contribution < 1.29 is 19.5 Å². The van der Waals surface area contributed by atoms with Crippen molar-refractivity contribution in [2.24, 2.45) is 17.8 Å². The number of carboxylic acids is 1. The van der Waals surface area contributed by atoms with Gasteiger partial charge in [-0.3, -0.25) is 9.59 Å². The average molecular weight is 332 g/mol. The number of nitrogens with one attached hydrogen (secondary N) is 2. The number of carbonyl (C=O) groups is 3. The Morgan fingerprint density at radius 1 is 1.33 bits per heavy atom. The number of rotatable bonds is 7. The van der Waals surface area contributed by atoms with Crippen molar-refractivity contribution in [1.82, 2.24) is 5.32 Å². The third kappa shape index (κ3) is 4.34. The third-order valence-corrected chi connectivity index (χ3v) is 4.60. The quantitative estimate of drug-likeness (QED) is 0.715. The molecule has 2 amide bonds. The molecule has 130 valence electrons. The maximum Gasteiger partial charge on any atom is 0.326 e. The summed E-state index contributed by atoms with van der Waals surface area (Å²) in [5.74, 6) is -1.27. The standard InChI is InChI=1S/C18H24N2O4/c1-4-10(2)15(18(23)24)20-16(21)12-6-5-7-13(9-12)19-17(22)14-8-11(14)3/h5-7,9-11,14-15H,4,8H2,1-3H3,(H,19,22)(H,20,21)(H,23,24)/t10-,11?,14?,15-/m0/s1. The number of carboxylic acid groups (broad SMARTS) is 1. The second-order valence-electron chi connectivity index (χ2n) is 6.56.